The van der Waals surface area contributed by atoms with Gasteiger partial charge < -0.3 is 20.1 Å². The largest absolute Gasteiger partial charge is 0.484 e. The van der Waals surface area contributed by atoms with E-state index in [0.717, 1.165) is 44.3 Å². The number of carbonyl (C=O) groups excluding carboxylic acids is 2. The third-order valence-electron chi connectivity index (χ3n) is 4.65. The second-order valence-electron chi connectivity index (χ2n) is 6.50. The normalized spacial score (nSPS) is 24.0. The first-order valence-corrected chi connectivity index (χ1v) is 8.62. The Kier molecular flexibility index (Phi) is 5.35. The number of ether oxygens (including phenoxy) is 1. The third kappa shape index (κ3) is 4.26. The van der Waals surface area contributed by atoms with Gasteiger partial charge in [-0.3, -0.25) is 9.59 Å². The molecule has 1 aliphatic heterocycles. The second-order valence-corrected chi connectivity index (χ2v) is 6.50. The fourth-order valence-electron chi connectivity index (χ4n) is 3.28. The number of nitrogens with zero attached hydrogens (tertiary/aromatic N) is 1. The molecule has 0 unspecified atom stereocenters. The van der Waals surface area contributed by atoms with Crippen LogP contribution in [0, 0.1) is 0 Å². The highest BCUT2D eigenvalue weighted by atomic mass is 16.5. The minimum absolute atomic E-state index is 0.0267. The van der Waals surface area contributed by atoms with Crippen molar-refractivity contribution in [2.45, 2.75) is 50.7 Å². The minimum atomic E-state index is -0.226. The molecule has 130 valence electrons. The molecule has 1 aliphatic carbocycles. The van der Waals surface area contributed by atoms with E-state index in [4.69, 9.17) is 4.74 Å². The minimum Gasteiger partial charge on any atom is -0.484 e. The molecular weight excluding hydrogens is 308 g/mol. The number of aliphatic hydroxyl groups excluding tert-OH is 1. The number of rotatable bonds is 5. The molecule has 0 aromatic heterocycles. The molecular formula is C18H24N2O4. The first-order valence-electron chi connectivity index (χ1n) is 8.62. The summed E-state index contributed by atoms with van der Waals surface area (Å²) in [4.78, 5) is 25.4. The maximum absolute atomic E-state index is 11.9. The van der Waals surface area contributed by atoms with E-state index in [1.165, 1.54) is 0 Å². The molecule has 2 amide bonds. The maximum atomic E-state index is 11.9. The highest BCUT2D eigenvalue weighted by molar-refractivity contribution is 5.95. The van der Waals surface area contributed by atoms with Gasteiger partial charge in [-0.2, -0.15) is 0 Å². The molecule has 1 saturated heterocycles. The van der Waals surface area contributed by atoms with E-state index in [1.54, 1.807) is 17.0 Å². The Morgan fingerprint density at radius 3 is 2.54 bits per heavy atom. The van der Waals surface area contributed by atoms with Crippen molar-refractivity contribution in [1.29, 1.82) is 0 Å². The first-order chi connectivity index (χ1) is 11.6. The number of carbonyl (C=O) groups is 2. The summed E-state index contributed by atoms with van der Waals surface area (Å²) in [5.74, 6) is 0.621. The third-order valence-corrected chi connectivity index (χ3v) is 4.65. The fraction of sp³-hybridized carbons (Fsp3) is 0.556. The van der Waals surface area contributed by atoms with Crippen LogP contribution in [0.2, 0.25) is 0 Å². The highest BCUT2D eigenvalue weighted by Gasteiger charge is 2.22. The standard InChI is InChI=1S/C18H24N2O4/c21-15-7-3-13(4-8-15)19-17(22)12-24-16-9-5-14(6-10-16)20-11-1-2-18(20)23/h5-6,9-10,13,15,21H,1-4,7-8,11-12H2,(H,19,22). The number of aliphatic hydroxyl groups is 1. The van der Waals surface area contributed by atoms with Gasteiger partial charge in [0.2, 0.25) is 5.91 Å². The van der Waals surface area contributed by atoms with Crippen LogP contribution in [-0.2, 0) is 9.59 Å². The molecule has 24 heavy (non-hydrogen) atoms. The zero-order valence-electron chi connectivity index (χ0n) is 13.7. The van der Waals surface area contributed by atoms with Crippen LogP contribution >= 0.6 is 0 Å². The number of nitrogens with one attached hydrogen (secondary N) is 1. The SMILES string of the molecule is O=C(COc1ccc(N2CCCC2=O)cc1)NC1CCC(O)CC1. The van der Waals surface area contributed by atoms with Crippen LogP contribution in [0.4, 0.5) is 5.69 Å². The maximum Gasteiger partial charge on any atom is 0.258 e. The van der Waals surface area contributed by atoms with Crippen LogP contribution in [0.3, 0.4) is 0 Å². The van der Waals surface area contributed by atoms with Crippen molar-refractivity contribution in [3.8, 4) is 5.75 Å². The molecule has 2 N–H and O–H groups in total. The van der Waals surface area contributed by atoms with E-state index in [-0.39, 0.29) is 30.6 Å². The summed E-state index contributed by atoms with van der Waals surface area (Å²) in [6, 6.07) is 7.39. The van der Waals surface area contributed by atoms with Gasteiger partial charge in [-0.05, 0) is 56.4 Å². The second kappa shape index (κ2) is 7.66. The average molecular weight is 332 g/mol. The predicted molar refractivity (Wildman–Crippen MR) is 89.9 cm³/mol. The van der Waals surface area contributed by atoms with Crippen LogP contribution in [0.5, 0.6) is 5.75 Å². The van der Waals surface area contributed by atoms with Gasteiger partial charge in [-0.15, -0.1) is 0 Å². The van der Waals surface area contributed by atoms with Crippen LogP contribution in [0.15, 0.2) is 24.3 Å². The van der Waals surface area contributed by atoms with Crippen molar-refractivity contribution in [3.05, 3.63) is 24.3 Å². The van der Waals surface area contributed by atoms with Crippen LogP contribution in [-0.4, -0.2) is 42.2 Å². The van der Waals surface area contributed by atoms with Gasteiger partial charge in [0.15, 0.2) is 6.61 Å². The number of anilines is 1. The van der Waals surface area contributed by atoms with Crippen molar-refractivity contribution in [1.82, 2.24) is 5.32 Å². The van der Waals surface area contributed by atoms with E-state index in [2.05, 4.69) is 5.32 Å². The first kappa shape index (κ1) is 16.8. The summed E-state index contributed by atoms with van der Waals surface area (Å²) in [6.45, 7) is 0.735. The summed E-state index contributed by atoms with van der Waals surface area (Å²) in [6.07, 6.45) is 4.38. The van der Waals surface area contributed by atoms with E-state index < -0.39 is 0 Å². The fourth-order valence-corrected chi connectivity index (χ4v) is 3.28. The summed E-state index contributed by atoms with van der Waals surface area (Å²) < 4.78 is 5.51. The van der Waals surface area contributed by atoms with E-state index in [0.29, 0.717) is 12.2 Å². The molecule has 1 aromatic carbocycles. The molecule has 1 saturated carbocycles. The Morgan fingerprint density at radius 2 is 1.92 bits per heavy atom. The number of hydrogen-bond donors (Lipinski definition) is 2. The Morgan fingerprint density at radius 1 is 1.21 bits per heavy atom. The van der Waals surface area contributed by atoms with Gasteiger partial charge in [0.05, 0.1) is 6.10 Å². The van der Waals surface area contributed by atoms with E-state index >= 15 is 0 Å². The lowest BCUT2D eigenvalue weighted by atomic mass is 9.93. The summed E-state index contributed by atoms with van der Waals surface area (Å²) in [5, 5.41) is 12.4. The molecule has 0 bridgehead atoms. The van der Waals surface area contributed by atoms with Gasteiger partial charge >= 0.3 is 0 Å². The Balaban J connectivity index is 1.44. The summed E-state index contributed by atoms with van der Waals surface area (Å²) >= 11 is 0. The van der Waals surface area contributed by atoms with Gasteiger partial charge in [-0.1, -0.05) is 0 Å². The van der Waals surface area contributed by atoms with Crippen LogP contribution in [0.25, 0.3) is 0 Å². The Hall–Kier alpha value is -2.08. The smallest absolute Gasteiger partial charge is 0.258 e. The number of amides is 2. The van der Waals surface area contributed by atoms with Crippen molar-refractivity contribution >= 4 is 17.5 Å². The van der Waals surface area contributed by atoms with E-state index in [9.17, 15) is 14.7 Å². The topological polar surface area (TPSA) is 78.9 Å². The van der Waals surface area contributed by atoms with Crippen LogP contribution in [0.1, 0.15) is 38.5 Å². The zero-order valence-corrected chi connectivity index (χ0v) is 13.7. The number of hydrogen-bond acceptors (Lipinski definition) is 4. The monoisotopic (exact) mass is 332 g/mol. The summed E-state index contributed by atoms with van der Waals surface area (Å²) in [5.41, 5.74) is 0.870. The van der Waals surface area contributed by atoms with Gasteiger partial charge in [0.1, 0.15) is 5.75 Å². The lowest BCUT2D eigenvalue weighted by Gasteiger charge is -2.26. The molecule has 0 atom stereocenters. The van der Waals surface area contributed by atoms with E-state index in [1.807, 2.05) is 12.1 Å². The molecule has 3 rings (SSSR count). The van der Waals surface area contributed by atoms with Crippen molar-refractivity contribution in [2.24, 2.45) is 0 Å². The van der Waals surface area contributed by atoms with Crippen molar-refractivity contribution in [2.75, 3.05) is 18.1 Å². The molecule has 1 heterocycles. The summed E-state index contributed by atoms with van der Waals surface area (Å²) in [7, 11) is 0. The lowest BCUT2D eigenvalue weighted by Crippen LogP contribution is -2.40. The quantitative estimate of drug-likeness (QED) is 0.859. The molecule has 6 heteroatoms. The molecule has 2 aliphatic rings. The molecule has 6 nitrogen and oxygen atoms in total. The molecule has 0 radical (unpaired) electrons. The van der Waals surface area contributed by atoms with Gasteiger partial charge in [0, 0.05) is 24.7 Å². The average Bonchev–Trinajstić information content (AvgIpc) is 3.02. The molecule has 2 fully saturated rings. The highest BCUT2D eigenvalue weighted by Crippen LogP contribution is 2.24. The molecule has 0 spiro atoms. The van der Waals surface area contributed by atoms with Crippen molar-refractivity contribution in [3.63, 3.8) is 0 Å². The predicted octanol–water partition coefficient (Wildman–Crippen LogP) is 1.61. The van der Waals surface area contributed by atoms with Gasteiger partial charge in [0.25, 0.3) is 5.91 Å². The zero-order chi connectivity index (χ0) is 16.9. The Labute approximate surface area is 141 Å². The van der Waals surface area contributed by atoms with Gasteiger partial charge in [-0.25, -0.2) is 0 Å². The van der Waals surface area contributed by atoms with Crippen molar-refractivity contribution < 1.29 is 19.4 Å². The van der Waals surface area contributed by atoms with Crippen LogP contribution < -0.4 is 15.0 Å². The lowest BCUT2D eigenvalue weighted by molar-refractivity contribution is -0.124. The Bertz CT molecular complexity index is 579. The molecule has 1 aromatic rings. The number of benzene rings is 1.